The highest BCUT2D eigenvalue weighted by molar-refractivity contribution is 5.97. The van der Waals surface area contributed by atoms with E-state index in [9.17, 15) is 9.59 Å². The fourth-order valence-corrected chi connectivity index (χ4v) is 3.33. The zero-order valence-corrected chi connectivity index (χ0v) is 16.4. The number of carbonyl (C=O) groups excluding carboxylic acids is 2. The Kier molecular flexibility index (Phi) is 5.48. The highest BCUT2D eigenvalue weighted by atomic mass is 16.5. The number of nitrogens with one attached hydrogen (secondary N) is 3. The van der Waals surface area contributed by atoms with E-state index in [0.29, 0.717) is 16.9 Å². The van der Waals surface area contributed by atoms with Gasteiger partial charge < -0.3 is 20.4 Å². The Labute approximate surface area is 173 Å². The minimum absolute atomic E-state index is 0.0866. The molecule has 150 valence electrons. The van der Waals surface area contributed by atoms with Crippen molar-refractivity contribution in [2.75, 3.05) is 17.7 Å². The molecular formula is C24H21N3O3. The Balaban J connectivity index is 1.42. The molecule has 4 rings (SSSR count). The largest absolute Gasteiger partial charge is 0.465 e. The summed E-state index contributed by atoms with van der Waals surface area (Å²) in [5, 5.41) is 7.18. The number of amides is 1. The van der Waals surface area contributed by atoms with E-state index in [4.69, 9.17) is 4.74 Å². The van der Waals surface area contributed by atoms with Gasteiger partial charge in [-0.1, -0.05) is 30.3 Å². The number of aromatic nitrogens is 1. The standard InChI is InChI=1S/C24H21N3O3/c1-30-24(29)20-7-3-5-9-22(20)26-17-10-12-18(13-11-17)27-23(28)14-16-15-25-21-8-4-2-6-19(16)21/h2-13,15,25-26H,14H2,1H3,(H,27,28). The number of ether oxygens (including phenoxy) is 1. The number of para-hydroxylation sites is 2. The van der Waals surface area contributed by atoms with Crippen molar-refractivity contribution in [3.63, 3.8) is 0 Å². The first-order valence-electron chi connectivity index (χ1n) is 9.53. The Hall–Kier alpha value is -4.06. The van der Waals surface area contributed by atoms with Gasteiger partial charge in [-0.15, -0.1) is 0 Å². The van der Waals surface area contributed by atoms with Crippen LogP contribution >= 0.6 is 0 Å². The smallest absolute Gasteiger partial charge is 0.339 e. The number of esters is 1. The summed E-state index contributed by atoms with van der Waals surface area (Å²) in [6.07, 6.45) is 2.16. The van der Waals surface area contributed by atoms with E-state index >= 15 is 0 Å². The molecule has 1 heterocycles. The van der Waals surface area contributed by atoms with Crippen molar-refractivity contribution >= 4 is 39.8 Å². The highest BCUT2D eigenvalue weighted by Gasteiger charge is 2.12. The average Bonchev–Trinajstić information content (AvgIpc) is 3.18. The second kappa shape index (κ2) is 8.53. The van der Waals surface area contributed by atoms with Crippen molar-refractivity contribution in [2.24, 2.45) is 0 Å². The van der Waals surface area contributed by atoms with Crippen LogP contribution in [0.3, 0.4) is 0 Å². The summed E-state index contributed by atoms with van der Waals surface area (Å²) in [6, 6.07) is 22.4. The predicted molar refractivity (Wildman–Crippen MR) is 118 cm³/mol. The van der Waals surface area contributed by atoms with Gasteiger partial charge in [0.05, 0.1) is 24.8 Å². The fourth-order valence-electron chi connectivity index (χ4n) is 3.33. The fraction of sp³-hybridized carbons (Fsp3) is 0.0833. The van der Waals surface area contributed by atoms with Crippen LogP contribution in [0.2, 0.25) is 0 Å². The van der Waals surface area contributed by atoms with Crippen LogP contribution in [0.5, 0.6) is 0 Å². The minimum atomic E-state index is -0.403. The topological polar surface area (TPSA) is 83.2 Å². The molecule has 1 aromatic heterocycles. The van der Waals surface area contributed by atoms with Gasteiger partial charge >= 0.3 is 5.97 Å². The van der Waals surface area contributed by atoms with E-state index in [1.807, 2.05) is 66.9 Å². The van der Waals surface area contributed by atoms with E-state index in [2.05, 4.69) is 15.6 Å². The number of rotatable bonds is 6. The third-order valence-electron chi connectivity index (χ3n) is 4.81. The molecule has 4 aromatic rings. The number of hydrogen-bond donors (Lipinski definition) is 3. The summed E-state index contributed by atoms with van der Waals surface area (Å²) >= 11 is 0. The maximum Gasteiger partial charge on any atom is 0.339 e. The molecule has 0 atom stereocenters. The first kappa shape index (κ1) is 19.3. The summed E-state index contributed by atoms with van der Waals surface area (Å²) < 4.78 is 4.82. The van der Waals surface area contributed by atoms with Crippen LogP contribution in [-0.2, 0) is 16.0 Å². The summed E-state index contributed by atoms with van der Waals surface area (Å²) in [4.78, 5) is 27.5. The van der Waals surface area contributed by atoms with Crippen LogP contribution in [0.1, 0.15) is 15.9 Å². The zero-order valence-electron chi connectivity index (χ0n) is 16.4. The number of hydrogen-bond acceptors (Lipinski definition) is 4. The van der Waals surface area contributed by atoms with Crippen molar-refractivity contribution in [1.29, 1.82) is 0 Å². The van der Waals surface area contributed by atoms with Crippen molar-refractivity contribution in [2.45, 2.75) is 6.42 Å². The Morgan fingerprint density at radius 3 is 2.40 bits per heavy atom. The molecule has 0 saturated heterocycles. The molecule has 0 aliphatic rings. The molecule has 6 nitrogen and oxygen atoms in total. The molecular weight excluding hydrogens is 378 g/mol. The van der Waals surface area contributed by atoms with Crippen molar-refractivity contribution in [3.8, 4) is 0 Å². The van der Waals surface area contributed by atoms with Gasteiger partial charge in [0.2, 0.25) is 5.91 Å². The molecule has 30 heavy (non-hydrogen) atoms. The zero-order chi connectivity index (χ0) is 20.9. The highest BCUT2D eigenvalue weighted by Crippen LogP contribution is 2.23. The van der Waals surface area contributed by atoms with E-state index in [-0.39, 0.29) is 12.3 Å². The lowest BCUT2D eigenvalue weighted by atomic mass is 10.1. The lowest BCUT2D eigenvalue weighted by molar-refractivity contribution is -0.115. The molecule has 0 saturated carbocycles. The van der Waals surface area contributed by atoms with E-state index < -0.39 is 5.97 Å². The van der Waals surface area contributed by atoms with Gasteiger partial charge in [-0.2, -0.15) is 0 Å². The van der Waals surface area contributed by atoms with Crippen LogP contribution in [0.25, 0.3) is 10.9 Å². The molecule has 0 spiro atoms. The second-order valence-electron chi connectivity index (χ2n) is 6.82. The molecule has 6 heteroatoms. The van der Waals surface area contributed by atoms with Crippen LogP contribution < -0.4 is 10.6 Å². The molecule has 3 aromatic carbocycles. The summed E-state index contributed by atoms with van der Waals surface area (Å²) in [5.41, 5.74) is 4.58. The van der Waals surface area contributed by atoms with E-state index in [1.54, 1.807) is 12.1 Å². The van der Waals surface area contributed by atoms with Gasteiger partial charge in [0, 0.05) is 28.5 Å². The minimum Gasteiger partial charge on any atom is -0.465 e. The van der Waals surface area contributed by atoms with Crippen molar-refractivity contribution in [1.82, 2.24) is 4.98 Å². The molecule has 0 fully saturated rings. The number of benzene rings is 3. The maximum atomic E-state index is 12.5. The number of methoxy groups -OCH3 is 1. The van der Waals surface area contributed by atoms with Gasteiger partial charge in [0.25, 0.3) is 0 Å². The number of H-pyrrole nitrogens is 1. The number of aromatic amines is 1. The van der Waals surface area contributed by atoms with Crippen molar-refractivity contribution < 1.29 is 14.3 Å². The lowest BCUT2D eigenvalue weighted by Gasteiger charge is -2.11. The van der Waals surface area contributed by atoms with Crippen LogP contribution in [0.15, 0.2) is 79.0 Å². The quantitative estimate of drug-likeness (QED) is 0.404. The first-order valence-corrected chi connectivity index (χ1v) is 9.53. The van der Waals surface area contributed by atoms with Gasteiger partial charge in [0.1, 0.15) is 0 Å². The number of fused-ring (bicyclic) bond motifs is 1. The third kappa shape index (κ3) is 4.17. The molecule has 0 aliphatic heterocycles. The first-order chi connectivity index (χ1) is 14.6. The summed E-state index contributed by atoms with van der Waals surface area (Å²) in [6.45, 7) is 0. The molecule has 0 radical (unpaired) electrons. The van der Waals surface area contributed by atoms with Crippen LogP contribution in [0.4, 0.5) is 17.1 Å². The monoisotopic (exact) mass is 399 g/mol. The molecule has 0 unspecified atom stereocenters. The third-order valence-corrected chi connectivity index (χ3v) is 4.81. The summed E-state index contributed by atoms with van der Waals surface area (Å²) in [7, 11) is 1.35. The molecule has 0 aliphatic carbocycles. The van der Waals surface area contributed by atoms with Gasteiger partial charge in [-0.05, 0) is 48.0 Å². The van der Waals surface area contributed by atoms with Crippen molar-refractivity contribution in [3.05, 3.63) is 90.1 Å². The van der Waals surface area contributed by atoms with Gasteiger partial charge in [0.15, 0.2) is 0 Å². The summed E-state index contributed by atoms with van der Waals surface area (Å²) in [5.74, 6) is -0.490. The lowest BCUT2D eigenvalue weighted by Crippen LogP contribution is -2.14. The maximum absolute atomic E-state index is 12.5. The Bertz CT molecular complexity index is 1200. The SMILES string of the molecule is COC(=O)c1ccccc1Nc1ccc(NC(=O)Cc2c[nH]c3ccccc23)cc1. The normalized spacial score (nSPS) is 10.6. The predicted octanol–water partition coefficient (Wildman–Crippen LogP) is 4.88. The molecule has 1 amide bonds. The number of carbonyl (C=O) groups is 2. The van der Waals surface area contributed by atoms with Gasteiger partial charge in [-0.25, -0.2) is 4.79 Å². The Morgan fingerprint density at radius 1 is 0.900 bits per heavy atom. The average molecular weight is 399 g/mol. The second-order valence-corrected chi connectivity index (χ2v) is 6.82. The Morgan fingerprint density at radius 2 is 1.60 bits per heavy atom. The van der Waals surface area contributed by atoms with E-state index in [0.717, 1.165) is 22.2 Å². The van der Waals surface area contributed by atoms with Crippen LogP contribution in [-0.4, -0.2) is 24.0 Å². The molecule has 0 bridgehead atoms. The van der Waals surface area contributed by atoms with Gasteiger partial charge in [-0.3, -0.25) is 4.79 Å². The van der Waals surface area contributed by atoms with E-state index in [1.165, 1.54) is 7.11 Å². The number of anilines is 3. The van der Waals surface area contributed by atoms with Crippen LogP contribution in [0, 0.1) is 0 Å². The molecule has 3 N–H and O–H groups in total.